The van der Waals surface area contributed by atoms with Gasteiger partial charge in [-0.25, -0.2) is 4.98 Å². The number of nitrogen functional groups attached to an aromatic ring is 1. The first-order valence-corrected chi connectivity index (χ1v) is 6.28. The van der Waals surface area contributed by atoms with Gasteiger partial charge in [0, 0.05) is 5.92 Å². The molecule has 1 aliphatic carbocycles. The van der Waals surface area contributed by atoms with Crippen LogP contribution in [0.5, 0.6) is 0 Å². The topological polar surface area (TPSA) is 77.8 Å². The Morgan fingerprint density at radius 2 is 2.22 bits per heavy atom. The summed E-state index contributed by atoms with van der Waals surface area (Å²) >= 11 is 0. The van der Waals surface area contributed by atoms with E-state index in [1.54, 1.807) is 18.3 Å². The van der Waals surface area contributed by atoms with Gasteiger partial charge in [-0.05, 0) is 37.3 Å². The van der Waals surface area contributed by atoms with Gasteiger partial charge in [0.1, 0.15) is 5.69 Å². The Labute approximate surface area is 105 Å². The van der Waals surface area contributed by atoms with Crippen LogP contribution < -0.4 is 5.73 Å². The number of hydrogen-bond donors (Lipinski definition) is 1. The monoisotopic (exact) mass is 244 g/mol. The molecule has 1 fully saturated rings. The lowest BCUT2D eigenvalue weighted by Crippen LogP contribution is -1.96. The zero-order valence-corrected chi connectivity index (χ0v) is 10.3. The summed E-state index contributed by atoms with van der Waals surface area (Å²) < 4.78 is 5.27. The highest BCUT2D eigenvalue weighted by Gasteiger charge is 2.27. The van der Waals surface area contributed by atoms with Crippen LogP contribution in [0.4, 0.5) is 5.69 Å². The Balaban J connectivity index is 1.83. The van der Waals surface area contributed by atoms with Gasteiger partial charge in [0.05, 0.1) is 11.9 Å². The average Bonchev–Trinajstić information content (AvgIpc) is 2.98. The van der Waals surface area contributed by atoms with Crippen molar-refractivity contribution in [3.8, 4) is 11.6 Å². The molecule has 0 amide bonds. The lowest BCUT2D eigenvalue weighted by atomic mass is 10.1. The maximum absolute atomic E-state index is 5.60. The maximum atomic E-state index is 5.60. The van der Waals surface area contributed by atoms with Crippen molar-refractivity contribution < 1.29 is 4.52 Å². The molecule has 5 heteroatoms. The molecule has 2 heterocycles. The van der Waals surface area contributed by atoms with Crippen LogP contribution in [0.1, 0.15) is 37.9 Å². The molecule has 0 aromatic carbocycles. The second kappa shape index (κ2) is 4.40. The molecule has 3 rings (SSSR count). The predicted molar refractivity (Wildman–Crippen MR) is 67.7 cm³/mol. The van der Waals surface area contributed by atoms with E-state index in [1.807, 2.05) is 0 Å². The van der Waals surface area contributed by atoms with Crippen LogP contribution in [0.3, 0.4) is 0 Å². The third kappa shape index (κ3) is 2.08. The van der Waals surface area contributed by atoms with Gasteiger partial charge in [-0.3, -0.25) is 0 Å². The molecule has 0 spiro atoms. The van der Waals surface area contributed by atoms with Crippen molar-refractivity contribution in [3.63, 3.8) is 0 Å². The molecule has 2 unspecified atom stereocenters. The van der Waals surface area contributed by atoms with Crippen molar-refractivity contribution in [2.24, 2.45) is 5.92 Å². The average molecular weight is 244 g/mol. The first kappa shape index (κ1) is 11.2. The minimum atomic E-state index is 0.436. The summed E-state index contributed by atoms with van der Waals surface area (Å²) in [5.74, 6) is 2.48. The second-order valence-electron chi connectivity index (χ2n) is 5.05. The van der Waals surface area contributed by atoms with E-state index in [0.717, 1.165) is 24.6 Å². The Morgan fingerprint density at radius 3 is 2.89 bits per heavy atom. The summed E-state index contributed by atoms with van der Waals surface area (Å²) in [5.41, 5.74) is 6.90. The van der Waals surface area contributed by atoms with Crippen molar-refractivity contribution in [2.45, 2.75) is 32.1 Å². The third-order valence-electron chi connectivity index (χ3n) is 3.51. The molecule has 0 bridgehead atoms. The number of rotatable bonds is 2. The van der Waals surface area contributed by atoms with Crippen molar-refractivity contribution >= 4 is 5.69 Å². The molecule has 0 aliphatic heterocycles. The molecule has 18 heavy (non-hydrogen) atoms. The molecule has 5 nitrogen and oxygen atoms in total. The highest BCUT2D eigenvalue weighted by molar-refractivity contribution is 5.50. The van der Waals surface area contributed by atoms with E-state index in [1.165, 1.54) is 6.42 Å². The highest BCUT2D eigenvalue weighted by atomic mass is 16.5. The lowest BCUT2D eigenvalue weighted by molar-refractivity contribution is 0.413. The van der Waals surface area contributed by atoms with E-state index in [2.05, 4.69) is 22.0 Å². The molecule has 2 aromatic rings. The Hall–Kier alpha value is -1.91. The van der Waals surface area contributed by atoms with Gasteiger partial charge in [0.15, 0.2) is 5.82 Å². The van der Waals surface area contributed by atoms with Crippen molar-refractivity contribution in [3.05, 3.63) is 24.2 Å². The van der Waals surface area contributed by atoms with E-state index in [9.17, 15) is 0 Å². The standard InChI is InChI=1S/C13H16N4O/c1-8-2-3-9(6-8)12-16-13(18-17-12)11-5-4-10(14)7-15-11/h4-5,7-9H,2-3,6,14H2,1H3. The predicted octanol–water partition coefficient (Wildman–Crippen LogP) is 2.62. The number of hydrogen-bond acceptors (Lipinski definition) is 5. The van der Waals surface area contributed by atoms with Crippen LogP contribution in [0.25, 0.3) is 11.6 Å². The van der Waals surface area contributed by atoms with E-state index < -0.39 is 0 Å². The summed E-state index contributed by atoms with van der Waals surface area (Å²) in [4.78, 5) is 8.63. The molecular formula is C13H16N4O. The van der Waals surface area contributed by atoms with Gasteiger partial charge in [-0.2, -0.15) is 4.98 Å². The molecule has 1 aliphatic rings. The molecule has 0 radical (unpaired) electrons. The molecule has 2 aromatic heterocycles. The van der Waals surface area contributed by atoms with Crippen LogP contribution >= 0.6 is 0 Å². The second-order valence-corrected chi connectivity index (χ2v) is 5.05. The van der Waals surface area contributed by atoms with Crippen molar-refractivity contribution in [1.82, 2.24) is 15.1 Å². The first-order chi connectivity index (χ1) is 8.72. The summed E-state index contributed by atoms with van der Waals surface area (Å²) in [6.45, 7) is 2.27. The molecule has 1 saturated carbocycles. The summed E-state index contributed by atoms with van der Waals surface area (Å²) in [6, 6.07) is 3.58. The Kier molecular flexibility index (Phi) is 2.74. The van der Waals surface area contributed by atoms with Crippen LogP contribution in [-0.2, 0) is 0 Å². The van der Waals surface area contributed by atoms with Crippen LogP contribution in [0, 0.1) is 5.92 Å². The van der Waals surface area contributed by atoms with Gasteiger partial charge >= 0.3 is 0 Å². The fourth-order valence-corrected chi connectivity index (χ4v) is 2.48. The largest absolute Gasteiger partial charge is 0.397 e. The normalized spacial score (nSPS) is 23.4. The molecular weight excluding hydrogens is 228 g/mol. The van der Waals surface area contributed by atoms with E-state index in [4.69, 9.17) is 10.3 Å². The van der Waals surface area contributed by atoms with Gasteiger partial charge in [0.2, 0.25) is 0 Å². The quantitative estimate of drug-likeness (QED) is 0.878. The number of aromatic nitrogens is 3. The van der Waals surface area contributed by atoms with Crippen LogP contribution in [-0.4, -0.2) is 15.1 Å². The van der Waals surface area contributed by atoms with E-state index >= 15 is 0 Å². The van der Waals surface area contributed by atoms with E-state index in [0.29, 0.717) is 23.2 Å². The SMILES string of the molecule is CC1CCC(c2noc(-c3ccc(N)cn3)n2)C1. The summed E-state index contributed by atoms with van der Waals surface area (Å²) in [6.07, 6.45) is 5.13. The van der Waals surface area contributed by atoms with Gasteiger partial charge in [-0.1, -0.05) is 12.1 Å². The van der Waals surface area contributed by atoms with Crippen molar-refractivity contribution in [1.29, 1.82) is 0 Å². The van der Waals surface area contributed by atoms with Gasteiger partial charge < -0.3 is 10.3 Å². The minimum absolute atomic E-state index is 0.436. The minimum Gasteiger partial charge on any atom is -0.397 e. The smallest absolute Gasteiger partial charge is 0.276 e. The number of nitrogens with two attached hydrogens (primary N) is 1. The van der Waals surface area contributed by atoms with Crippen LogP contribution in [0.2, 0.25) is 0 Å². The number of nitrogens with zero attached hydrogens (tertiary/aromatic N) is 3. The Morgan fingerprint density at radius 1 is 1.33 bits per heavy atom. The van der Waals surface area contributed by atoms with Gasteiger partial charge in [0.25, 0.3) is 5.89 Å². The highest BCUT2D eigenvalue weighted by Crippen LogP contribution is 2.36. The summed E-state index contributed by atoms with van der Waals surface area (Å²) in [7, 11) is 0. The fourth-order valence-electron chi connectivity index (χ4n) is 2.48. The molecule has 94 valence electrons. The maximum Gasteiger partial charge on any atom is 0.276 e. The third-order valence-corrected chi connectivity index (χ3v) is 3.51. The summed E-state index contributed by atoms with van der Waals surface area (Å²) in [5, 5.41) is 4.07. The van der Waals surface area contributed by atoms with Crippen molar-refractivity contribution in [2.75, 3.05) is 5.73 Å². The first-order valence-electron chi connectivity index (χ1n) is 6.28. The number of pyridine rings is 1. The van der Waals surface area contributed by atoms with E-state index in [-0.39, 0.29) is 0 Å². The Bertz CT molecular complexity index is 534. The molecule has 2 atom stereocenters. The zero-order chi connectivity index (χ0) is 12.5. The van der Waals surface area contributed by atoms with Gasteiger partial charge in [-0.15, -0.1) is 0 Å². The molecule has 0 saturated heterocycles. The zero-order valence-electron chi connectivity index (χ0n) is 10.3. The molecule has 2 N–H and O–H groups in total. The van der Waals surface area contributed by atoms with Crippen LogP contribution in [0.15, 0.2) is 22.9 Å². The number of anilines is 1. The lowest BCUT2D eigenvalue weighted by Gasteiger charge is -2.01. The fraction of sp³-hybridized carbons (Fsp3) is 0.462.